The number of halogens is 1. The maximum Gasteiger partial charge on any atom is 0.0749 e. The van der Waals surface area contributed by atoms with Crippen LogP contribution in [0.25, 0.3) is 10.9 Å². The Hall–Kier alpha value is -1.12. The highest BCUT2D eigenvalue weighted by atomic mass is 35.5. The average Bonchev–Trinajstić information content (AvgIpc) is 2.30. The van der Waals surface area contributed by atoms with Crippen molar-refractivity contribution in [3.63, 3.8) is 0 Å². The molecule has 2 heterocycles. The summed E-state index contributed by atoms with van der Waals surface area (Å²) in [7, 11) is 0. The molecule has 0 fully saturated rings. The molecule has 3 heteroatoms. The van der Waals surface area contributed by atoms with Crippen LogP contribution in [0.4, 0.5) is 0 Å². The zero-order valence-corrected chi connectivity index (χ0v) is 8.92. The normalized spacial score (nSPS) is 15.3. The van der Waals surface area contributed by atoms with Crippen molar-refractivity contribution in [1.29, 1.82) is 0 Å². The Kier molecular flexibility index (Phi) is 2.11. The fraction of sp³-hybridized carbons (Fsp3) is 0.250. The smallest absolute Gasteiger partial charge is 0.0749 e. The van der Waals surface area contributed by atoms with Gasteiger partial charge in [-0.05, 0) is 6.07 Å². The van der Waals surface area contributed by atoms with E-state index in [1.807, 2.05) is 24.3 Å². The fourth-order valence-electron chi connectivity index (χ4n) is 1.96. The first-order valence-electron chi connectivity index (χ1n) is 5.00. The minimum absolute atomic E-state index is 0.589. The van der Waals surface area contributed by atoms with Gasteiger partial charge < -0.3 is 4.74 Å². The molecule has 0 atom stereocenters. The summed E-state index contributed by atoms with van der Waals surface area (Å²) >= 11 is 6.34. The molecule has 2 aromatic rings. The van der Waals surface area contributed by atoms with E-state index in [2.05, 4.69) is 4.98 Å². The van der Waals surface area contributed by atoms with Crippen LogP contribution in [0.2, 0.25) is 5.02 Å². The molecule has 0 radical (unpaired) electrons. The van der Waals surface area contributed by atoms with E-state index in [4.69, 9.17) is 16.3 Å². The van der Waals surface area contributed by atoms with Crippen molar-refractivity contribution < 1.29 is 4.74 Å². The number of ether oxygens (including phenoxy) is 1. The molecule has 1 aliphatic rings. The van der Waals surface area contributed by atoms with Crippen LogP contribution in [0.1, 0.15) is 11.3 Å². The molecule has 15 heavy (non-hydrogen) atoms. The van der Waals surface area contributed by atoms with Crippen molar-refractivity contribution >= 4 is 22.5 Å². The third-order valence-corrected chi connectivity index (χ3v) is 3.17. The van der Waals surface area contributed by atoms with Gasteiger partial charge in [0.25, 0.3) is 0 Å². The number of benzene rings is 1. The third-order valence-electron chi connectivity index (χ3n) is 2.74. The first-order chi connectivity index (χ1) is 7.36. The number of nitrogens with zero attached hydrogens (tertiary/aromatic N) is 1. The number of rotatable bonds is 0. The molecule has 0 amide bonds. The molecule has 1 aromatic heterocycles. The largest absolute Gasteiger partial charge is 0.376 e. The molecule has 1 aromatic carbocycles. The van der Waals surface area contributed by atoms with Crippen LogP contribution in [0, 0.1) is 0 Å². The molecule has 0 saturated heterocycles. The molecular formula is C12H10ClNO. The number of hydrogen-bond donors (Lipinski definition) is 0. The Bertz CT molecular complexity index is 524. The van der Waals surface area contributed by atoms with Crippen LogP contribution >= 0.6 is 11.6 Å². The van der Waals surface area contributed by atoms with Gasteiger partial charge in [0.15, 0.2) is 0 Å². The monoisotopic (exact) mass is 219 g/mol. The highest BCUT2D eigenvalue weighted by molar-refractivity contribution is 6.36. The van der Waals surface area contributed by atoms with Gasteiger partial charge in [-0.1, -0.05) is 29.8 Å². The Morgan fingerprint density at radius 2 is 2.13 bits per heavy atom. The van der Waals surface area contributed by atoms with E-state index in [1.54, 1.807) is 0 Å². The second-order valence-corrected chi connectivity index (χ2v) is 4.05. The van der Waals surface area contributed by atoms with Gasteiger partial charge in [0.05, 0.1) is 29.4 Å². The van der Waals surface area contributed by atoms with Crippen molar-refractivity contribution in [3.05, 3.63) is 40.5 Å². The SMILES string of the molecule is Clc1c2c(nc3ccccc13)CCOC2. The summed E-state index contributed by atoms with van der Waals surface area (Å²) in [4.78, 5) is 4.61. The summed E-state index contributed by atoms with van der Waals surface area (Å²) in [5, 5.41) is 1.82. The van der Waals surface area contributed by atoms with Gasteiger partial charge in [0.1, 0.15) is 0 Å². The Balaban J connectivity index is 2.36. The molecule has 0 spiro atoms. The van der Waals surface area contributed by atoms with E-state index in [9.17, 15) is 0 Å². The molecule has 0 saturated carbocycles. The molecule has 0 aliphatic carbocycles. The third kappa shape index (κ3) is 1.41. The van der Waals surface area contributed by atoms with Crippen LogP contribution in [0.3, 0.4) is 0 Å². The first kappa shape index (κ1) is 9.13. The predicted molar refractivity (Wildman–Crippen MR) is 60.1 cm³/mol. The molecule has 3 rings (SSSR count). The lowest BCUT2D eigenvalue weighted by Gasteiger charge is -2.18. The standard InChI is InChI=1S/C12H10ClNO/c13-12-8-3-1-2-4-10(8)14-11-5-6-15-7-9(11)12/h1-4H,5-7H2. The van der Waals surface area contributed by atoms with Crippen LogP contribution < -0.4 is 0 Å². The van der Waals surface area contributed by atoms with Crippen molar-refractivity contribution in [2.75, 3.05) is 6.61 Å². The summed E-state index contributed by atoms with van der Waals surface area (Å²) in [6.45, 7) is 1.33. The molecule has 0 unspecified atom stereocenters. The topological polar surface area (TPSA) is 22.1 Å². The van der Waals surface area contributed by atoms with Gasteiger partial charge in [0.2, 0.25) is 0 Å². The summed E-state index contributed by atoms with van der Waals surface area (Å²) < 4.78 is 5.40. The maximum atomic E-state index is 6.34. The Morgan fingerprint density at radius 3 is 3.07 bits per heavy atom. The molecule has 76 valence electrons. The average molecular weight is 220 g/mol. The lowest BCUT2D eigenvalue weighted by atomic mass is 10.1. The van der Waals surface area contributed by atoms with Gasteiger partial charge in [-0.15, -0.1) is 0 Å². The van der Waals surface area contributed by atoms with Crippen molar-refractivity contribution in [2.24, 2.45) is 0 Å². The van der Waals surface area contributed by atoms with Gasteiger partial charge in [-0.2, -0.15) is 0 Å². The van der Waals surface area contributed by atoms with Crippen LogP contribution in [-0.4, -0.2) is 11.6 Å². The lowest BCUT2D eigenvalue weighted by Crippen LogP contribution is -2.12. The van der Waals surface area contributed by atoms with E-state index in [-0.39, 0.29) is 0 Å². The number of para-hydroxylation sites is 1. The van der Waals surface area contributed by atoms with E-state index < -0.39 is 0 Å². The molecule has 0 N–H and O–H groups in total. The minimum Gasteiger partial charge on any atom is -0.376 e. The van der Waals surface area contributed by atoms with E-state index in [1.165, 1.54) is 0 Å². The summed E-state index contributed by atoms with van der Waals surface area (Å²) in [5.41, 5.74) is 3.12. The molecule has 1 aliphatic heterocycles. The first-order valence-corrected chi connectivity index (χ1v) is 5.38. The zero-order chi connectivity index (χ0) is 10.3. The molecular weight excluding hydrogens is 210 g/mol. The Labute approximate surface area is 92.8 Å². The van der Waals surface area contributed by atoms with Crippen LogP contribution in [-0.2, 0) is 17.8 Å². The van der Waals surface area contributed by atoms with E-state index in [0.717, 1.165) is 40.2 Å². The van der Waals surface area contributed by atoms with E-state index in [0.29, 0.717) is 6.61 Å². The summed E-state index contributed by atoms with van der Waals surface area (Å²) in [6, 6.07) is 7.96. The van der Waals surface area contributed by atoms with Crippen molar-refractivity contribution in [3.8, 4) is 0 Å². The maximum absolute atomic E-state index is 6.34. The van der Waals surface area contributed by atoms with Gasteiger partial charge in [0, 0.05) is 17.4 Å². The minimum atomic E-state index is 0.589. The van der Waals surface area contributed by atoms with Crippen molar-refractivity contribution in [2.45, 2.75) is 13.0 Å². The predicted octanol–water partition coefficient (Wildman–Crippen LogP) is 2.96. The molecule has 0 bridgehead atoms. The fourth-order valence-corrected chi connectivity index (χ4v) is 2.28. The van der Waals surface area contributed by atoms with Gasteiger partial charge in [-0.3, -0.25) is 4.98 Å². The summed E-state index contributed by atoms with van der Waals surface area (Å²) in [5.74, 6) is 0. The summed E-state index contributed by atoms with van der Waals surface area (Å²) in [6.07, 6.45) is 0.861. The van der Waals surface area contributed by atoms with Crippen LogP contribution in [0.15, 0.2) is 24.3 Å². The second-order valence-electron chi connectivity index (χ2n) is 3.67. The zero-order valence-electron chi connectivity index (χ0n) is 8.16. The Morgan fingerprint density at radius 1 is 1.27 bits per heavy atom. The van der Waals surface area contributed by atoms with Crippen LogP contribution in [0.5, 0.6) is 0 Å². The number of aromatic nitrogens is 1. The number of pyridine rings is 1. The number of hydrogen-bond acceptors (Lipinski definition) is 2. The lowest BCUT2D eigenvalue weighted by molar-refractivity contribution is 0.109. The second kappa shape index (κ2) is 3.47. The van der Waals surface area contributed by atoms with E-state index >= 15 is 0 Å². The molecule has 2 nitrogen and oxygen atoms in total. The highest BCUT2D eigenvalue weighted by Crippen LogP contribution is 2.30. The van der Waals surface area contributed by atoms with Crippen molar-refractivity contribution in [1.82, 2.24) is 4.98 Å². The quantitative estimate of drug-likeness (QED) is 0.680. The van der Waals surface area contributed by atoms with Gasteiger partial charge in [-0.25, -0.2) is 0 Å². The number of fused-ring (bicyclic) bond motifs is 2. The van der Waals surface area contributed by atoms with Gasteiger partial charge >= 0.3 is 0 Å². The highest BCUT2D eigenvalue weighted by Gasteiger charge is 2.16.